The van der Waals surface area contributed by atoms with Crippen LogP contribution in [-0.4, -0.2) is 16.8 Å². The van der Waals surface area contributed by atoms with Gasteiger partial charge in [0.15, 0.2) is 0 Å². The second-order valence-electron chi connectivity index (χ2n) is 6.71. The van der Waals surface area contributed by atoms with E-state index in [1.165, 1.54) is 6.92 Å². The lowest BCUT2D eigenvalue weighted by molar-refractivity contribution is -0.131. The zero-order valence-corrected chi connectivity index (χ0v) is 14.5. The third-order valence-electron chi connectivity index (χ3n) is 4.95. The molecule has 1 heterocycles. The van der Waals surface area contributed by atoms with Crippen molar-refractivity contribution in [2.24, 2.45) is 0 Å². The lowest BCUT2D eigenvalue weighted by Gasteiger charge is -2.23. The molecule has 1 aliphatic rings. The largest absolute Gasteiger partial charge is 0.325 e. The van der Waals surface area contributed by atoms with Crippen LogP contribution in [0.2, 0.25) is 0 Å². The summed E-state index contributed by atoms with van der Waals surface area (Å²) in [7, 11) is 0. The molecular formula is C21H16F2N2O2. The number of halogens is 2. The van der Waals surface area contributed by atoms with Crippen molar-refractivity contribution in [2.75, 3.05) is 0 Å². The first-order valence-electron chi connectivity index (χ1n) is 8.46. The molecule has 0 saturated carbocycles. The first-order valence-corrected chi connectivity index (χ1v) is 8.46. The van der Waals surface area contributed by atoms with Gasteiger partial charge in [-0.25, -0.2) is 13.6 Å². The highest BCUT2D eigenvalue weighted by Crippen LogP contribution is 2.32. The van der Waals surface area contributed by atoms with E-state index in [0.29, 0.717) is 0 Å². The minimum Gasteiger partial charge on any atom is -0.319 e. The van der Waals surface area contributed by atoms with Gasteiger partial charge in [-0.1, -0.05) is 42.5 Å². The summed E-state index contributed by atoms with van der Waals surface area (Å²) in [5.41, 5.74) is -1.06. The van der Waals surface area contributed by atoms with Crippen LogP contribution in [0.5, 0.6) is 0 Å². The monoisotopic (exact) mass is 366 g/mol. The summed E-state index contributed by atoms with van der Waals surface area (Å²) < 4.78 is 27.8. The van der Waals surface area contributed by atoms with Crippen LogP contribution in [0.1, 0.15) is 18.1 Å². The number of carbonyl (C=O) groups is 2. The summed E-state index contributed by atoms with van der Waals surface area (Å²) in [4.78, 5) is 26.5. The number of nitrogens with zero attached hydrogens (tertiary/aromatic N) is 1. The van der Waals surface area contributed by atoms with Gasteiger partial charge in [-0.15, -0.1) is 0 Å². The van der Waals surface area contributed by atoms with Gasteiger partial charge in [0.2, 0.25) is 0 Å². The molecular weight excluding hydrogens is 350 g/mol. The predicted octanol–water partition coefficient (Wildman–Crippen LogP) is 4.09. The van der Waals surface area contributed by atoms with E-state index >= 15 is 0 Å². The number of rotatable bonds is 3. The van der Waals surface area contributed by atoms with Crippen molar-refractivity contribution < 1.29 is 18.4 Å². The molecule has 1 unspecified atom stereocenters. The molecule has 3 aromatic rings. The molecule has 1 saturated heterocycles. The Morgan fingerprint density at radius 2 is 1.74 bits per heavy atom. The Morgan fingerprint density at radius 1 is 1.00 bits per heavy atom. The number of urea groups is 1. The maximum atomic E-state index is 14.2. The Labute approximate surface area is 154 Å². The molecule has 6 heteroatoms. The number of benzene rings is 3. The Morgan fingerprint density at radius 3 is 2.56 bits per heavy atom. The van der Waals surface area contributed by atoms with Crippen molar-refractivity contribution >= 4 is 22.7 Å². The van der Waals surface area contributed by atoms with Crippen LogP contribution in [0.25, 0.3) is 10.8 Å². The molecule has 0 radical (unpaired) electrons. The Hall–Kier alpha value is -3.28. The van der Waals surface area contributed by atoms with Gasteiger partial charge >= 0.3 is 6.03 Å². The number of amides is 3. The maximum absolute atomic E-state index is 14.2. The average Bonchev–Trinajstić information content (AvgIpc) is 2.88. The molecule has 0 spiro atoms. The van der Waals surface area contributed by atoms with Crippen LogP contribution in [0.4, 0.5) is 13.6 Å². The number of hydrogen-bond acceptors (Lipinski definition) is 2. The molecule has 1 N–H and O–H groups in total. The third kappa shape index (κ3) is 2.73. The molecule has 0 aromatic heterocycles. The standard InChI is InChI=1S/C21H16F2N2O2/c1-21(17-11-15(22)9-10-18(17)23)19(26)25(20(27)24-21)12-14-7-4-6-13-5-2-3-8-16(13)14/h2-11H,12H2,1H3,(H,24,27). The molecule has 0 bridgehead atoms. The summed E-state index contributed by atoms with van der Waals surface area (Å²) in [6.45, 7) is 1.42. The molecule has 4 rings (SSSR count). The SMILES string of the molecule is CC1(c2cc(F)ccc2F)NC(=O)N(Cc2cccc3ccccc23)C1=O. The summed E-state index contributed by atoms with van der Waals surface area (Å²) in [6.07, 6.45) is 0. The van der Waals surface area contributed by atoms with Crippen LogP contribution in [0.3, 0.4) is 0 Å². The minimum atomic E-state index is -1.66. The molecule has 27 heavy (non-hydrogen) atoms. The number of imide groups is 1. The predicted molar refractivity (Wildman–Crippen MR) is 96.7 cm³/mol. The summed E-state index contributed by atoms with van der Waals surface area (Å²) in [6, 6.07) is 15.5. The quantitative estimate of drug-likeness (QED) is 0.710. The summed E-state index contributed by atoms with van der Waals surface area (Å²) in [5, 5.41) is 4.42. The number of nitrogens with one attached hydrogen (secondary N) is 1. The van der Waals surface area contributed by atoms with Crippen LogP contribution < -0.4 is 5.32 Å². The second-order valence-corrected chi connectivity index (χ2v) is 6.71. The topological polar surface area (TPSA) is 49.4 Å². The Balaban J connectivity index is 1.72. The molecule has 1 fully saturated rings. The van der Waals surface area contributed by atoms with Crippen molar-refractivity contribution in [3.63, 3.8) is 0 Å². The van der Waals surface area contributed by atoms with Gasteiger partial charge in [0, 0.05) is 5.56 Å². The Kier molecular flexibility index (Phi) is 3.91. The van der Waals surface area contributed by atoms with Crippen molar-refractivity contribution in [3.05, 3.63) is 83.4 Å². The zero-order valence-electron chi connectivity index (χ0n) is 14.5. The number of carbonyl (C=O) groups excluding carboxylic acids is 2. The van der Waals surface area contributed by atoms with E-state index in [1.807, 2.05) is 42.5 Å². The highest BCUT2D eigenvalue weighted by Gasteiger charge is 2.50. The second kappa shape index (κ2) is 6.16. The van der Waals surface area contributed by atoms with Gasteiger partial charge in [0.25, 0.3) is 5.91 Å². The normalized spacial score (nSPS) is 19.6. The van der Waals surface area contributed by atoms with Gasteiger partial charge in [-0.3, -0.25) is 9.69 Å². The Bertz CT molecular complexity index is 1080. The first kappa shape index (κ1) is 17.1. The summed E-state index contributed by atoms with van der Waals surface area (Å²) >= 11 is 0. The van der Waals surface area contributed by atoms with Crippen LogP contribution in [0.15, 0.2) is 60.7 Å². The van der Waals surface area contributed by atoms with Crippen LogP contribution >= 0.6 is 0 Å². The smallest absolute Gasteiger partial charge is 0.319 e. The highest BCUT2D eigenvalue weighted by atomic mass is 19.1. The van der Waals surface area contributed by atoms with E-state index in [2.05, 4.69) is 5.32 Å². The molecule has 3 amide bonds. The van der Waals surface area contributed by atoms with E-state index < -0.39 is 29.1 Å². The van der Waals surface area contributed by atoms with Crippen LogP contribution in [0, 0.1) is 11.6 Å². The zero-order chi connectivity index (χ0) is 19.2. The lowest BCUT2D eigenvalue weighted by atomic mass is 9.91. The fourth-order valence-electron chi connectivity index (χ4n) is 3.50. The summed E-state index contributed by atoms with van der Waals surface area (Å²) in [5.74, 6) is -2.05. The van der Waals surface area contributed by atoms with E-state index in [4.69, 9.17) is 0 Å². The fourth-order valence-corrected chi connectivity index (χ4v) is 3.50. The van der Waals surface area contributed by atoms with E-state index in [0.717, 1.165) is 39.4 Å². The van der Waals surface area contributed by atoms with E-state index in [-0.39, 0.29) is 12.1 Å². The van der Waals surface area contributed by atoms with Crippen molar-refractivity contribution in [1.82, 2.24) is 10.2 Å². The fraction of sp³-hybridized carbons (Fsp3) is 0.143. The third-order valence-corrected chi connectivity index (χ3v) is 4.95. The van der Waals surface area contributed by atoms with E-state index in [9.17, 15) is 18.4 Å². The number of fused-ring (bicyclic) bond motifs is 1. The van der Waals surface area contributed by atoms with E-state index in [1.54, 1.807) is 0 Å². The number of hydrogen-bond donors (Lipinski definition) is 1. The molecule has 1 aliphatic heterocycles. The average molecular weight is 366 g/mol. The molecule has 136 valence electrons. The molecule has 4 nitrogen and oxygen atoms in total. The maximum Gasteiger partial charge on any atom is 0.325 e. The lowest BCUT2D eigenvalue weighted by Crippen LogP contribution is -2.41. The highest BCUT2D eigenvalue weighted by molar-refractivity contribution is 6.07. The first-order chi connectivity index (χ1) is 12.9. The molecule has 1 atom stereocenters. The van der Waals surface area contributed by atoms with Crippen LogP contribution in [-0.2, 0) is 16.9 Å². The van der Waals surface area contributed by atoms with Gasteiger partial charge in [-0.2, -0.15) is 0 Å². The molecule has 0 aliphatic carbocycles. The van der Waals surface area contributed by atoms with Gasteiger partial charge in [0.1, 0.15) is 17.2 Å². The van der Waals surface area contributed by atoms with Gasteiger partial charge in [0.05, 0.1) is 6.54 Å². The van der Waals surface area contributed by atoms with Gasteiger partial charge in [-0.05, 0) is 41.5 Å². The van der Waals surface area contributed by atoms with Crippen molar-refractivity contribution in [1.29, 1.82) is 0 Å². The van der Waals surface area contributed by atoms with Gasteiger partial charge < -0.3 is 5.32 Å². The van der Waals surface area contributed by atoms with Crippen molar-refractivity contribution in [2.45, 2.75) is 19.0 Å². The van der Waals surface area contributed by atoms with Crippen molar-refractivity contribution in [3.8, 4) is 0 Å². The minimum absolute atomic E-state index is 0.0402. The molecule has 3 aromatic carbocycles.